The SMILES string of the molecule is CCc1ccccc1NC(=O)CSc1nnc(-c2cccc(C)c2)n1-c1ccc(C)cc1. The van der Waals surface area contributed by atoms with Crippen LogP contribution in [0.3, 0.4) is 0 Å². The third kappa shape index (κ3) is 4.92. The lowest BCUT2D eigenvalue weighted by Gasteiger charge is -2.12. The highest BCUT2D eigenvalue weighted by Crippen LogP contribution is 2.29. The Morgan fingerprint density at radius 2 is 1.72 bits per heavy atom. The number of hydrogen-bond donors (Lipinski definition) is 1. The van der Waals surface area contributed by atoms with Crippen molar-refractivity contribution in [2.45, 2.75) is 32.3 Å². The van der Waals surface area contributed by atoms with Crippen LogP contribution in [0.15, 0.2) is 78.0 Å². The minimum absolute atomic E-state index is 0.0635. The van der Waals surface area contributed by atoms with E-state index < -0.39 is 0 Å². The minimum Gasteiger partial charge on any atom is -0.325 e. The molecule has 0 saturated carbocycles. The van der Waals surface area contributed by atoms with Crippen molar-refractivity contribution in [3.05, 3.63) is 89.5 Å². The lowest BCUT2D eigenvalue weighted by atomic mass is 10.1. The van der Waals surface area contributed by atoms with Gasteiger partial charge in [0.15, 0.2) is 11.0 Å². The van der Waals surface area contributed by atoms with E-state index in [9.17, 15) is 4.79 Å². The Labute approximate surface area is 192 Å². The smallest absolute Gasteiger partial charge is 0.234 e. The van der Waals surface area contributed by atoms with E-state index in [0.717, 1.165) is 40.3 Å². The average Bonchev–Trinajstić information content (AvgIpc) is 3.22. The van der Waals surface area contributed by atoms with E-state index >= 15 is 0 Å². The number of amides is 1. The molecule has 1 heterocycles. The zero-order valence-electron chi connectivity index (χ0n) is 18.5. The molecular formula is C26H26N4OS. The molecular weight excluding hydrogens is 416 g/mol. The van der Waals surface area contributed by atoms with Crippen LogP contribution in [-0.2, 0) is 11.2 Å². The standard InChI is InChI=1S/C26H26N4OS/c1-4-20-9-5-6-11-23(20)27-24(31)17-32-26-29-28-25(21-10-7-8-19(3)16-21)30(26)22-14-12-18(2)13-15-22/h5-16H,4,17H2,1-3H3,(H,27,31). The Balaban J connectivity index is 1.61. The summed E-state index contributed by atoms with van der Waals surface area (Å²) in [5, 5.41) is 12.6. The Kier molecular flexibility index (Phi) is 6.71. The van der Waals surface area contributed by atoms with Crippen molar-refractivity contribution in [3.63, 3.8) is 0 Å². The van der Waals surface area contributed by atoms with Crippen LogP contribution in [0.1, 0.15) is 23.6 Å². The largest absolute Gasteiger partial charge is 0.325 e. The first-order chi connectivity index (χ1) is 15.5. The van der Waals surface area contributed by atoms with Gasteiger partial charge in [-0.05, 0) is 50.1 Å². The van der Waals surface area contributed by atoms with E-state index in [0.29, 0.717) is 5.16 Å². The van der Waals surface area contributed by atoms with Gasteiger partial charge in [0.05, 0.1) is 5.75 Å². The summed E-state index contributed by atoms with van der Waals surface area (Å²) in [4.78, 5) is 12.7. The molecule has 4 rings (SSSR count). The van der Waals surface area contributed by atoms with E-state index in [4.69, 9.17) is 0 Å². The van der Waals surface area contributed by atoms with Gasteiger partial charge in [-0.1, -0.05) is 78.3 Å². The molecule has 5 nitrogen and oxygen atoms in total. The summed E-state index contributed by atoms with van der Waals surface area (Å²) < 4.78 is 2.02. The van der Waals surface area contributed by atoms with E-state index in [2.05, 4.69) is 72.7 Å². The van der Waals surface area contributed by atoms with Crippen LogP contribution in [-0.4, -0.2) is 26.4 Å². The van der Waals surface area contributed by atoms with Crippen molar-refractivity contribution in [2.24, 2.45) is 0 Å². The molecule has 0 bridgehead atoms. The van der Waals surface area contributed by atoms with Gasteiger partial charge in [-0.15, -0.1) is 10.2 Å². The maximum absolute atomic E-state index is 12.7. The number of nitrogens with zero attached hydrogens (tertiary/aromatic N) is 3. The van der Waals surface area contributed by atoms with Crippen molar-refractivity contribution < 1.29 is 4.79 Å². The topological polar surface area (TPSA) is 59.8 Å². The highest BCUT2D eigenvalue weighted by Gasteiger charge is 2.18. The Morgan fingerprint density at radius 3 is 2.47 bits per heavy atom. The van der Waals surface area contributed by atoms with Gasteiger partial charge in [0.1, 0.15) is 0 Å². The fourth-order valence-electron chi connectivity index (χ4n) is 3.53. The fourth-order valence-corrected chi connectivity index (χ4v) is 4.28. The fraction of sp³-hybridized carbons (Fsp3) is 0.192. The summed E-state index contributed by atoms with van der Waals surface area (Å²) >= 11 is 1.38. The third-order valence-corrected chi connectivity index (χ3v) is 6.14. The molecule has 6 heteroatoms. The molecule has 0 fully saturated rings. The number of benzene rings is 3. The number of nitrogens with one attached hydrogen (secondary N) is 1. The van der Waals surface area contributed by atoms with Gasteiger partial charge in [-0.25, -0.2) is 0 Å². The molecule has 0 aliphatic carbocycles. The molecule has 32 heavy (non-hydrogen) atoms. The van der Waals surface area contributed by atoms with E-state index in [-0.39, 0.29) is 11.7 Å². The van der Waals surface area contributed by atoms with Crippen LogP contribution in [0, 0.1) is 13.8 Å². The van der Waals surface area contributed by atoms with Crippen molar-refractivity contribution in [1.29, 1.82) is 0 Å². The molecule has 0 saturated heterocycles. The second-order valence-corrected chi connectivity index (χ2v) is 8.64. The summed E-state index contributed by atoms with van der Waals surface area (Å²) in [5.74, 6) is 0.943. The predicted octanol–water partition coefficient (Wildman–Crippen LogP) is 5.84. The van der Waals surface area contributed by atoms with Crippen molar-refractivity contribution in [3.8, 4) is 17.1 Å². The molecule has 162 valence electrons. The molecule has 4 aromatic rings. The highest BCUT2D eigenvalue weighted by molar-refractivity contribution is 7.99. The summed E-state index contributed by atoms with van der Waals surface area (Å²) in [6, 6.07) is 24.3. The van der Waals surface area contributed by atoms with Gasteiger partial charge in [-0.3, -0.25) is 9.36 Å². The van der Waals surface area contributed by atoms with Gasteiger partial charge in [0.25, 0.3) is 0 Å². The number of carbonyl (C=O) groups is 1. The van der Waals surface area contributed by atoms with Gasteiger partial charge in [-0.2, -0.15) is 0 Å². The number of hydrogen-bond acceptors (Lipinski definition) is 4. The predicted molar refractivity (Wildman–Crippen MR) is 131 cm³/mol. The van der Waals surface area contributed by atoms with Crippen LogP contribution in [0.5, 0.6) is 0 Å². The number of anilines is 1. The lowest BCUT2D eigenvalue weighted by molar-refractivity contribution is -0.113. The molecule has 0 unspecified atom stereocenters. The molecule has 0 radical (unpaired) electrons. The second kappa shape index (κ2) is 9.83. The molecule has 0 aliphatic rings. The number of aromatic nitrogens is 3. The van der Waals surface area contributed by atoms with Gasteiger partial charge in [0.2, 0.25) is 5.91 Å². The van der Waals surface area contributed by atoms with Crippen LogP contribution < -0.4 is 5.32 Å². The monoisotopic (exact) mass is 442 g/mol. The molecule has 3 aromatic carbocycles. The second-order valence-electron chi connectivity index (χ2n) is 7.69. The first-order valence-electron chi connectivity index (χ1n) is 10.6. The maximum Gasteiger partial charge on any atom is 0.234 e. The summed E-state index contributed by atoms with van der Waals surface area (Å²) in [6.45, 7) is 6.20. The van der Waals surface area contributed by atoms with Crippen LogP contribution >= 0.6 is 11.8 Å². The number of carbonyl (C=O) groups excluding carboxylic acids is 1. The number of aryl methyl sites for hydroxylation is 3. The van der Waals surface area contributed by atoms with Gasteiger partial charge < -0.3 is 5.32 Å². The van der Waals surface area contributed by atoms with Crippen molar-refractivity contribution >= 4 is 23.4 Å². The Bertz CT molecular complexity index is 1230. The molecule has 0 atom stereocenters. The first kappa shape index (κ1) is 21.8. The number of rotatable bonds is 7. The summed E-state index contributed by atoms with van der Waals surface area (Å²) in [5.41, 5.74) is 6.28. The number of thioether (sulfide) groups is 1. The van der Waals surface area contributed by atoms with Crippen LogP contribution in [0.25, 0.3) is 17.1 Å². The molecule has 0 spiro atoms. The van der Waals surface area contributed by atoms with Gasteiger partial charge >= 0.3 is 0 Å². The molecule has 1 amide bonds. The van der Waals surface area contributed by atoms with Crippen LogP contribution in [0.4, 0.5) is 5.69 Å². The maximum atomic E-state index is 12.7. The van der Waals surface area contributed by atoms with E-state index in [1.165, 1.54) is 17.3 Å². The molecule has 0 aliphatic heterocycles. The molecule has 1 aromatic heterocycles. The molecule has 1 N–H and O–H groups in total. The Hall–Kier alpha value is -3.38. The first-order valence-corrected chi connectivity index (χ1v) is 11.6. The van der Waals surface area contributed by atoms with E-state index in [1.54, 1.807) is 0 Å². The van der Waals surface area contributed by atoms with Crippen LogP contribution in [0.2, 0.25) is 0 Å². The van der Waals surface area contributed by atoms with Crippen molar-refractivity contribution in [1.82, 2.24) is 14.8 Å². The number of para-hydroxylation sites is 1. The average molecular weight is 443 g/mol. The third-order valence-electron chi connectivity index (χ3n) is 5.21. The zero-order valence-corrected chi connectivity index (χ0v) is 19.3. The normalized spacial score (nSPS) is 10.8. The zero-order chi connectivity index (χ0) is 22.5. The quantitative estimate of drug-likeness (QED) is 0.365. The minimum atomic E-state index is -0.0635. The lowest BCUT2D eigenvalue weighted by Crippen LogP contribution is -2.15. The summed E-state index contributed by atoms with van der Waals surface area (Å²) in [7, 11) is 0. The van der Waals surface area contributed by atoms with Crippen molar-refractivity contribution in [2.75, 3.05) is 11.1 Å². The Morgan fingerprint density at radius 1 is 0.938 bits per heavy atom. The summed E-state index contributed by atoms with van der Waals surface area (Å²) in [6.07, 6.45) is 0.866. The van der Waals surface area contributed by atoms with E-state index in [1.807, 2.05) is 41.0 Å². The van der Waals surface area contributed by atoms with Gasteiger partial charge in [0, 0.05) is 16.9 Å². The highest BCUT2D eigenvalue weighted by atomic mass is 32.2.